The van der Waals surface area contributed by atoms with E-state index in [9.17, 15) is 5.11 Å². The second-order valence-corrected chi connectivity index (χ2v) is 5.65. The molecule has 0 radical (unpaired) electrons. The number of piperidine rings is 1. The zero-order valence-corrected chi connectivity index (χ0v) is 10.1. The molecule has 1 saturated heterocycles. The number of nitrogens with one attached hydrogen (secondary N) is 1. The van der Waals surface area contributed by atoms with Gasteiger partial charge in [-0.15, -0.1) is 0 Å². The molecule has 1 aliphatic heterocycles. The summed E-state index contributed by atoms with van der Waals surface area (Å²) in [6.45, 7) is 2.30. The van der Waals surface area contributed by atoms with E-state index in [0.29, 0.717) is 11.3 Å². The van der Waals surface area contributed by atoms with Crippen LogP contribution in [0, 0.1) is 11.3 Å². The minimum Gasteiger partial charge on any atom is -0.388 e. The van der Waals surface area contributed by atoms with E-state index >= 15 is 0 Å². The van der Waals surface area contributed by atoms with Crippen molar-refractivity contribution >= 4 is 0 Å². The number of rotatable bonds is 2. The Balaban J connectivity index is 1.61. The molecule has 3 rings (SSSR count). The fourth-order valence-electron chi connectivity index (χ4n) is 3.46. The summed E-state index contributed by atoms with van der Waals surface area (Å²) in [5.41, 5.74) is 1.51. The van der Waals surface area contributed by atoms with Crippen LogP contribution in [0.15, 0.2) is 24.5 Å². The Labute approximate surface area is 102 Å². The molecule has 2 N–H and O–H groups in total. The molecule has 1 saturated carbocycles. The van der Waals surface area contributed by atoms with E-state index in [4.69, 9.17) is 0 Å². The van der Waals surface area contributed by atoms with Crippen molar-refractivity contribution in [3.05, 3.63) is 30.1 Å². The largest absolute Gasteiger partial charge is 0.388 e. The summed E-state index contributed by atoms with van der Waals surface area (Å²) in [6.07, 6.45) is 8.16. The monoisotopic (exact) mass is 232 g/mol. The number of aromatic nitrogens is 1. The molecule has 1 aromatic heterocycles. The van der Waals surface area contributed by atoms with Crippen molar-refractivity contribution in [2.75, 3.05) is 13.1 Å². The van der Waals surface area contributed by atoms with Crippen LogP contribution in [0.2, 0.25) is 0 Å². The lowest BCUT2D eigenvalue weighted by molar-refractivity contribution is -0.0515. The van der Waals surface area contributed by atoms with Crippen LogP contribution in [0.3, 0.4) is 0 Å². The maximum absolute atomic E-state index is 10.3. The third-order valence-electron chi connectivity index (χ3n) is 4.53. The maximum Gasteiger partial charge on any atom is 0.0833 e. The Kier molecular flexibility index (Phi) is 2.89. The molecule has 1 unspecified atom stereocenters. The number of pyridine rings is 1. The molecule has 3 nitrogen and oxygen atoms in total. The Morgan fingerprint density at radius 1 is 1.35 bits per heavy atom. The summed E-state index contributed by atoms with van der Waals surface area (Å²) in [5.74, 6) is 0.442. The van der Waals surface area contributed by atoms with Crippen molar-refractivity contribution in [2.24, 2.45) is 11.3 Å². The number of nitrogens with zero attached hydrogens (tertiary/aromatic N) is 1. The summed E-state index contributed by atoms with van der Waals surface area (Å²) in [5, 5.41) is 13.7. The van der Waals surface area contributed by atoms with Gasteiger partial charge in [-0.25, -0.2) is 0 Å². The van der Waals surface area contributed by atoms with Crippen LogP contribution in [-0.4, -0.2) is 23.2 Å². The van der Waals surface area contributed by atoms with Gasteiger partial charge in [0.05, 0.1) is 6.10 Å². The van der Waals surface area contributed by atoms with Gasteiger partial charge in [0.25, 0.3) is 0 Å². The van der Waals surface area contributed by atoms with E-state index in [0.717, 1.165) is 18.7 Å². The van der Waals surface area contributed by atoms with Gasteiger partial charge in [-0.2, -0.15) is 0 Å². The first-order valence-electron chi connectivity index (χ1n) is 6.58. The Hall–Kier alpha value is -0.930. The molecule has 17 heavy (non-hydrogen) atoms. The van der Waals surface area contributed by atoms with Gasteiger partial charge in [-0.1, -0.05) is 6.07 Å². The lowest BCUT2D eigenvalue weighted by Crippen LogP contribution is -2.47. The third kappa shape index (κ3) is 2.09. The number of aliphatic hydroxyl groups is 1. The van der Waals surface area contributed by atoms with Crippen LogP contribution in [-0.2, 0) is 0 Å². The van der Waals surface area contributed by atoms with E-state index in [-0.39, 0.29) is 6.10 Å². The molecular formula is C14H20N2O. The molecule has 0 bridgehead atoms. The zero-order valence-electron chi connectivity index (χ0n) is 10.1. The lowest BCUT2D eigenvalue weighted by atomic mass is 9.56. The molecule has 2 aliphatic rings. The van der Waals surface area contributed by atoms with Crippen LogP contribution in [0.25, 0.3) is 0 Å². The molecule has 1 aliphatic carbocycles. The van der Waals surface area contributed by atoms with Gasteiger partial charge in [-0.05, 0) is 61.7 Å². The molecule has 3 heteroatoms. The highest BCUT2D eigenvalue weighted by molar-refractivity contribution is 5.15. The zero-order chi connectivity index (χ0) is 11.7. The number of hydrogen-bond donors (Lipinski definition) is 2. The highest BCUT2D eigenvalue weighted by Gasteiger charge is 2.47. The summed E-state index contributed by atoms with van der Waals surface area (Å²) < 4.78 is 0. The molecule has 0 aromatic carbocycles. The number of hydrogen-bond acceptors (Lipinski definition) is 3. The second-order valence-electron chi connectivity index (χ2n) is 5.65. The lowest BCUT2D eigenvalue weighted by Gasteiger charge is -2.52. The van der Waals surface area contributed by atoms with Crippen LogP contribution >= 0.6 is 0 Å². The SMILES string of the molecule is OC(c1cccnc1)C1CC2(CCNCC2)C1. The standard InChI is InChI=1S/C14H20N2O/c17-13(11-2-1-5-16-10-11)12-8-14(9-12)3-6-15-7-4-14/h1-2,5,10,12-13,15,17H,3-4,6-9H2. The van der Waals surface area contributed by atoms with Crippen LogP contribution in [0.4, 0.5) is 0 Å². The predicted molar refractivity (Wildman–Crippen MR) is 66.5 cm³/mol. The molecule has 0 amide bonds. The van der Waals surface area contributed by atoms with E-state index < -0.39 is 0 Å². The van der Waals surface area contributed by atoms with Gasteiger partial charge in [0, 0.05) is 12.4 Å². The van der Waals surface area contributed by atoms with Crippen molar-refractivity contribution in [3.63, 3.8) is 0 Å². The normalized spacial score (nSPS) is 25.5. The highest BCUT2D eigenvalue weighted by Crippen LogP contribution is 2.55. The van der Waals surface area contributed by atoms with Crippen LogP contribution < -0.4 is 5.32 Å². The van der Waals surface area contributed by atoms with E-state index in [2.05, 4.69) is 10.3 Å². The van der Waals surface area contributed by atoms with Gasteiger partial charge >= 0.3 is 0 Å². The van der Waals surface area contributed by atoms with Gasteiger partial charge in [-0.3, -0.25) is 4.98 Å². The molecule has 2 fully saturated rings. The van der Waals surface area contributed by atoms with Crippen molar-refractivity contribution < 1.29 is 5.11 Å². The minimum absolute atomic E-state index is 0.316. The van der Waals surface area contributed by atoms with Crippen LogP contribution in [0.5, 0.6) is 0 Å². The summed E-state index contributed by atoms with van der Waals surface area (Å²) in [6, 6.07) is 3.88. The Morgan fingerprint density at radius 3 is 2.76 bits per heavy atom. The molecule has 1 spiro atoms. The third-order valence-corrected chi connectivity index (χ3v) is 4.53. The van der Waals surface area contributed by atoms with Gasteiger partial charge in [0.15, 0.2) is 0 Å². The molecular weight excluding hydrogens is 212 g/mol. The van der Waals surface area contributed by atoms with E-state index in [1.165, 1.54) is 25.7 Å². The molecule has 1 aromatic rings. The van der Waals surface area contributed by atoms with E-state index in [1.807, 2.05) is 12.1 Å². The van der Waals surface area contributed by atoms with Crippen molar-refractivity contribution in [1.82, 2.24) is 10.3 Å². The fourth-order valence-corrected chi connectivity index (χ4v) is 3.46. The average molecular weight is 232 g/mol. The van der Waals surface area contributed by atoms with Crippen molar-refractivity contribution in [2.45, 2.75) is 31.8 Å². The average Bonchev–Trinajstić information content (AvgIpc) is 2.37. The summed E-state index contributed by atoms with van der Waals surface area (Å²) in [4.78, 5) is 4.08. The van der Waals surface area contributed by atoms with Crippen LogP contribution in [0.1, 0.15) is 37.4 Å². The molecule has 2 heterocycles. The van der Waals surface area contributed by atoms with E-state index in [1.54, 1.807) is 12.4 Å². The predicted octanol–water partition coefficient (Wildman–Crippen LogP) is 1.89. The first-order chi connectivity index (χ1) is 8.29. The summed E-state index contributed by atoms with van der Waals surface area (Å²) >= 11 is 0. The van der Waals surface area contributed by atoms with Gasteiger partial charge < -0.3 is 10.4 Å². The molecule has 1 atom stereocenters. The van der Waals surface area contributed by atoms with Crippen molar-refractivity contribution in [3.8, 4) is 0 Å². The van der Waals surface area contributed by atoms with Gasteiger partial charge in [0.2, 0.25) is 0 Å². The Morgan fingerprint density at radius 2 is 2.12 bits per heavy atom. The maximum atomic E-state index is 10.3. The number of aliphatic hydroxyl groups excluding tert-OH is 1. The Bertz CT molecular complexity index is 365. The minimum atomic E-state index is -0.316. The topological polar surface area (TPSA) is 45.2 Å². The van der Waals surface area contributed by atoms with Gasteiger partial charge in [0.1, 0.15) is 0 Å². The quantitative estimate of drug-likeness (QED) is 0.818. The second kappa shape index (κ2) is 4.39. The fraction of sp³-hybridized carbons (Fsp3) is 0.643. The summed E-state index contributed by atoms with van der Waals surface area (Å²) in [7, 11) is 0. The highest BCUT2D eigenvalue weighted by atomic mass is 16.3. The molecule has 92 valence electrons. The first-order valence-corrected chi connectivity index (χ1v) is 6.58. The van der Waals surface area contributed by atoms with Crippen molar-refractivity contribution in [1.29, 1.82) is 0 Å². The smallest absolute Gasteiger partial charge is 0.0833 e. The first kappa shape index (κ1) is 11.2.